The SMILES string of the molecule is COc1ccc2cc(C(=O)O)ccc2c1NC(=O)C(F)(F)F. The predicted octanol–water partition coefficient (Wildman–Crippen LogP) is 3.05. The van der Waals surface area contributed by atoms with Crippen molar-refractivity contribution in [3.8, 4) is 5.75 Å². The lowest BCUT2D eigenvalue weighted by Gasteiger charge is -2.14. The molecule has 0 unspecified atom stereocenters. The van der Waals surface area contributed by atoms with E-state index in [1.165, 1.54) is 37.4 Å². The van der Waals surface area contributed by atoms with E-state index in [2.05, 4.69) is 0 Å². The molecule has 0 spiro atoms. The van der Waals surface area contributed by atoms with Crippen LogP contribution in [-0.2, 0) is 4.79 Å². The number of carbonyl (C=O) groups is 2. The van der Waals surface area contributed by atoms with Crippen LogP contribution < -0.4 is 10.1 Å². The number of alkyl halides is 3. The number of hydrogen-bond acceptors (Lipinski definition) is 3. The van der Waals surface area contributed by atoms with Crippen molar-refractivity contribution in [2.45, 2.75) is 6.18 Å². The molecule has 2 N–H and O–H groups in total. The van der Waals surface area contributed by atoms with E-state index in [-0.39, 0.29) is 22.4 Å². The highest BCUT2D eigenvalue weighted by Crippen LogP contribution is 2.34. The van der Waals surface area contributed by atoms with E-state index in [0.717, 1.165) is 0 Å². The molecule has 0 aromatic heterocycles. The summed E-state index contributed by atoms with van der Waals surface area (Å²) in [5, 5.41) is 11.3. The van der Waals surface area contributed by atoms with Crippen LogP contribution >= 0.6 is 0 Å². The summed E-state index contributed by atoms with van der Waals surface area (Å²) >= 11 is 0. The molecule has 8 heteroatoms. The minimum Gasteiger partial charge on any atom is -0.495 e. The van der Waals surface area contributed by atoms with Crippen molar-refractivity contribution >= 4 is 28.3 Å². The second-order valence-corrected chi connectivity index (χ2v) is 4.34. The summed E-state index contributed by atoms with van der Waals surface area (Å²) in [7, 11) is 1.25. The van der Waals surface area contributed by atoms with Crippen LogP contribution in [-0.4, -0.2) is 30.3 Å². The molecule has 2 aromatic carbocycles. The van der Waals surface area contributed by atoms with E-state index in [1.54, 1.807) is 5.32 Å². The molecule has 5 nitrogen and oxygen atoms in total. The molecule has 0 aliphatic carbocycles. The van der Waals surface area contributed by atoms with Crippen molar-refractivity contribution < 1.29 is 32.6 Å². The number of hydrogen-bond donors (Lipinski definition) is 2. The van der Waals surface area contributed by atoms with Gasteiger partial charge in [0.1, 0.15) is 5.75 Å². The summed E-state index contributed by atoms with van der Waals surface area (Å²) in [5.74, 6) is -3.27. The zero-order chi connectivity index (χ0) is 16.5. The van der Waals surface area contributed by atoms with Crippen LogP contribution in [0.3, 0.4) is 0 Å². The molecule has 0 saturated carbocycles. The van der Waals surface area contributed by atoms with Gasteiger partial charge >= 0.3 is 18.1 Å². The van der Waals surface area contributed by atoms with Crippen LogP contribution in [0.25, 0.3) is 10.8 Å². The number of benzene rings is 2. The first kappa shape index (κ1) is 15.6. The van der Waals surface area contributed by atoms with Gasteiger partial charge in [-0.1, -0.05) is 12.1 Å². The molecule has 0 heterocycles. The molecule has 2 aromatic rings. The normalized spacial score (nSPS) is 11.3. The van der Waals surface area contributed by atoms with E-state index in [0.29, 0.717) is 5.39 Å². The molecule has 0 aliphatic heterocycles. The first-order chi connectivity index (χ1) is 10.2. The summed E-state index contributed by atoms with van der Waals surface area (Å²) < 4.78 is 42.2. The Morgan fingerprint density at radius 2 is 1.86 bits per heavy atom. The monoisotopic (exact) mass is 313 g/mol. The van der Waals surface area contributed by atoms with Crippen molar-refractivity contribution in [3.05, 3.63) is 35.9 Å². The summed E-state index contributed by atoms with van der Waals surface area (Å²) in [6.07, 6.45) is -5.05. The highest BCUT2D eigenvalue weighted by atomic mass is 19.4. The van der Waals surface area contributed by atoms with Crippen molar-refractivity contribution in [2.24, 2.45) is 0 Å². The van der Waals surface area contributed by atoms with Gasteiger partial charge in [-0.15, -0.1) is 0 Å². The summed E-state index contributed by atoms with van der Waals surface area (Å²) in [5.41, 5.74) is -0.190. The Morgan fingerprint density at radius 3 is 2.41 bits per heavy atom. The zero-order valence-corrected chi connectivity index (χ0v) is 11.2. The lowest BCUT2D eigenvalue weighted by Crippen LogP contribution is -2.30. The van der Waals surface area contributed by atoms with Gasteiger partial charge in [-0.3, -0.25) is 4.79 Å². The molecule has 22 heavy (non-hydrogen) atoms. The minimum absolute atomic E-state index is 0.0224. The number of aromatic carboxylic acids is 1. The van der Waals surface area contributed by atoms with Gasteiger partial charge in [0.2, 0.25) is 0 Å². The van der Waals surface area contributed by atoms with E-state index in [9.17, 15) is 22.8 Å². The highest BCUT2D eigenvalue weighted by Gasteiger charge is 2.39. The van der Waals surface area contributed by atoms with Crippen molar-refractivity contribution in [3.63, 3.8) is 0 Å². The first-order valence-electron chi connectivity index (χ1n) is 5.96. The maximum Gasteiger partial charge on any atom is 0.471 e. The lowest BCUT2D eigenvalue weighted by atomic mass is 10.0. The summed E-state index contributed by atoms with van der Waals surface area (Å²) in [6, 6.07) is 6.67. The van der Waals surface area contributed by atoms with Gasteiger partial charge in [-0.25, -0.2) is 4.79 Å². The number of anilines is 1. The Hall–Kier alpha value is -2.77. The van der Waals surface area contributed by atoms with Gasteiger partial charge < -0.3 is 15.2 Å². The molecule has 2 rings (SSSR count). The second-order valence-electron chi connectivity index (χ2n) is 4.34. The number of nitrogens with one attached hydrogen (secondary N) is 1. The largest absolute Gasteiger partial charge is 0.495 e. The number of methoxy groups -OCH3 is 1. The fourth-order valence-electron chi connectivity index (χ4n) is 1.93. The molecule has 0 fully saturated rings. The van der Waals surface area contributed by atoms with Crippen LogP contribution in [0.5, 0.6) is 5.75 Å². The number of amides is 1. The molecule has 0 radical (unpaired) electrons. The predicted molar refractivity (Wildman–Crippen MR) is 72.1 cm³/mol. The number of ether oxygens (including phenoxy) is 1. The Bertz CT molecular complexity index is 756. The highest BCUT2D eigenvalue weighted by molar-refractivity contribution is 6.07. The molecule has 0 saturated heterocycles. The Balaban J connectivity index is 2.59. The number of halogens is 3. The van der Waals surface area contributed by atoms with Crippen molar-refractivity contribution in [1.82, 2.24) is 0 Å². The molecule has 0 atom stereocenters. The van der Waals surface area contributed by atoms with Crippen LogP contribution in [0.15, 0.2) is 30.3 Å². The third-order valence-corrected chi connectivity index (χ3v) is 2.94. The van der Waals surface area contributed by atoms with Crippen molar-refractivity contribution in [1.29, 1.82) is 0 Å². The third kappa shape index (κ3) is 2.95. The van der Waals surface area contributed by atoms with Gasteiger partial charge in [-0.05, 0) is 23.6 Å². The fraction of sp³-hybridized carbons (Fsp3) is 0.143. The number of carbonyl (C=O) groups excluding carboxylic acids is 1. The smallest absolute Gasteiger partial charge is 0.471 e. The van der Waals surface area contributed by atoms with E-state index >= 15 is 0 Å². The van der Waals surface area contributed by atoms with Crippen LogP contribution in [0.2, 0.25) is 0 Å². The molecular formula is C14H10F3NO4. The molecule has 0 aliphatic rings. The molecular weight excluding hydrogens is 303 g/mol. The summed E-state index contributed by atoms with van der Waals surface area (Å²) in [4.78, 5) is 22.1. The number of carboxylic acids is 1. The number of fused-ring (bicyclic) bond motifs is 1. The van der Waals surface area contributed by atoms with E-state index in [4.69, 9.17) is 9.84 Å². The number of rotatable bonds is 3. The molecule has 0 bridgehead atoms. The Kier molecular flexibility index (Phi) is 3.94. The van der Waals surface area contributed by atoms with Crippen LogP contribution in [0, 0.1) is 0 Å². The quantitative estimate of drug-likeness (QED) is 0.913. The maximum atomic E-state index is 12.4. The van der Waals surface area contributed by atoms with E-state index in [1.807, 2.05) is 0 Å². The van der Waals surface area contributed by atoms with Crippen LogP contribution in [0.4, 0.5) is 18.9 Å². The maximum absolute atomic E-state index is 12.4. The standard InChI is InChI=1S/C14H10F3NO4/c1-22-10-5-3-7-6-8(12(19)20)2-4-9(7)11(10)18-13(21)14(15,16)17/h2-6H,1H3,(H,18,21)(H,19,20). The Labute approximate surface area is 122 Å². The van der Waals surface area contributed by atoms with Crippen molar-refractivity contribution in [2.75, 3.05) is 12.4 Å². The average molecular weight is 313 g/mol. The topological polar surface area (TPSA) is 75.6 Å². The zero-order valence-electron chi connectivity index (χ0n) is 11.2. The average Bonchev–Trinajstić information content (AvgIpc) is 2.45. The Morgan fingerprint density at radius 1 is 1.18 bits per heavy atom. The number of carboxylic acid groups (broad SMARTS) is 1. The summed E-state index contributed by atoms with van der Waals surface area (Å²) in [6.45, 7) is 0. The molecule has 116 valence electrons. The third-order valence-electron chi connectivity index (χ3n) is 2.94. The first-order valence-corrected chi connectivity index (χ1v) is 5.96. The second kappa shape index (κ2) is 5.55. The van der Waals surface area contributed by atoms with E-state index < -0.39 is 18.1 Å². The van der Waals surface area contributed by atoms with Gasteiger partial charge in [0.05, 0.1) is 18.4 Å². The van der Waals surface area contributed by atoms with Gasteiger partial charge in [0.15, 0.2) is 0 Å². The fourth-order valence-corrected chi connectivity index (χ4v) is 1.93. The van der Waals surface area contributed by atoms with Gasteiger partial charge in [-0.2, -0.15) is 13.2 Å². The van der Waals surface area contributed by atoms with Gasteiger partial charge in [0, 0.05) is 5.39 Å². The van der Waals surface area contributed by atoms with Crippen LogP contribution in [0.1, 0.15) is 10.4 Å². The molecule has 1 amide bonds. The minimum atomic E-state index is -5.05. The lowest BCUT2D eigenvalue weighted by molar-refractivity contribution is -0.167. The van der Waals surface area contributed by atoms with Gasteiger partial charge in [0.25, 0.3) is 0 Å².